The van der Waals surface area contributed by atoms with Crippen LogP contribution in [0.15, 0.2) is 11.6 Å². The summed E-state index contributed by atoms with van der Waals surface area (Å²) in [6.07, 6.45) is 3.67. The Kier molecular flexibility index (Phi) is 2.80. The molecule has 104 valence electrons. The first-order valence-electron chi connectivity index (χ1n) is 6.63. The fraction of sp³-hybridized carbons (Fsp3) is 0.714. The molecule has 2 atom stereocenters. The van der Waals surface area contributed by atoms with Crippen LogP contribution in [0.5, 0.6) is 0 Å². The normalized spacial score (nSPS) is 36.2. The highest BCUT2D eigenvalue weighted by Crippen LogP contribution is 2.52. The Labute approximate surface area is 111 Å². The van der Waals surface area contributed by atoms with E-state index in [2.05, 4.69) is 0 Å². The summed E-state index contributed by atoms with van der Waals surface area (Å²) in [6, 6.07) is 0. The second-order valence-corrected chi connectivity index (χ2v) is 5.65. The van der Waals surface area contributed by atoms with Gasteiger partial charge in [0.1, 0.15) is 5.92 Å². The van der Waals surface area contributed by atoms with E-state index in [1.54, 1.807) is 0 Å². The molecular weight excluding hydrogens is 248 g/mol. The summed E-state index contributed by atoms with van der Waals surface area (Å²) >= 11 is 0. The zero-order valence-electron chi connectivity index (χ0n) is 11.2. The second-order valence-electron chi connectivity index (χ2n) is 5.65. The third-order valence-corrected chi connectivity index (χ3v) is 4.62. The molecule has 2 fully saturated rings. The van der Waals surface area contributed by atoms with Crippen molar-refractivity contribution in [3.63, 3.8) is 0 Å². The summed E-state index contributed by atoms with van der Waals surface area (Å²) in [5, 5.41) is 0. The molecule has 0 aromatic carbocycles. The molecule has 1 spiro atoms. The third-order valence-electron chi connectivity index (χ3n) is 4.62. The smallest absolute Gasteiger partial charge is 0.316 e. The van der Waals surface area contributed by atoms with E-state index in [1.807, 2.05) is 13.0 Å². The quantitative estimate of drug-likeness (QED) is 0.405. The molecule has 0 aromatic heterocycles. The van der Waals surface area contributed by atoms with Gasteiger partial charge in [-0.25, -0.2) is 0 Å². The largest absolute Gasteiger partial charge is 0.468 e. The van der Waals surface area contributed by atoms with Crippen molar-refractivity contribution < 1.29 is 23.8 Å². The molecule has 1 saturated heterocycles. The maximum Gasteiger partial charge on any atom is 0.316 e. The topological polar surface area (TPSA) is 61.8 Å². The van der Waals surface area contributed by atoms with Crippen molar-refractivity contribution in [3.8, 4) is 0 Å². The minimum Gasteiger partial charge on any atom is -0.468 e. The fourth-order valence-electron chi connectivity index (χ4n) is 3.38. The van der Waals surface area contributed by atoms with Gasteiger partial charge in [-0.2, -0.15) is 0 Å². The molecular formula is C14H18O5. The van der Waals surface area contributed by atoms with Gasteiger partial charge in [0.05, 0.1) is 20.3 Å². The molecule has 3 aliphatic rings. The standard InChI is InChI=1S/C14H18O5/c1-13-3-4-14(18-5-6-19-14)8-9(13)7-10(11(13)15)12(16)17-2/h8,10H,3-7H2,1-2H3/t10-,13+/m1/s1. The van der Waals surface area contributed by atoms with E-state index in [0.29, 0.717) is 32.5 Å². The van der Waals surface area contributed by atoms with Gasteiger partial charge in [0.15, 0.2) is 11.6 Å². The lowest BCUT2D eigenvalue weighted by Gasteiger charge is -2.36. The van der Waals surface area contributed by atoms with Gasteiger partial charge in [0.2, 0.25) is 0 Å². The van der Waals surface area contributed by atoms with Gasteiger partial charge in [-0.3, -0.25) is 9.59 Å². The molecule has 0 N–H and O–H groups in total. The molecule has 0 aromatic rings. The summed E-state index contributed by atoms with van der Waals surface area (Å²) < 4.78 is 16.1. The van der Waals surface area contributed by atoms with Crippen LogP contribution < -0.4 is 0 Å². The highest BCUT2D eigenvalue weighted by molar-refractivity contribution is 6.06. The van der Waals surface area contributed by atoms with Crippen molar-refractivity contribution in [2.45, 2.75) is 32.0 Å². The van der Waals surface area contributed by atoms with Crippen molar-refractivity contribution in [3.05, 3.63) is 11.6 Å². The average molecular weight is 266 g/mol. The number of hydrogen-bond donors (Lipinski definition) is 0. The highest BCUT2D eigenvalue weighted by Gasteiger charge is 2.55. The van der Waals surface area contributed by atoms with E-state index in [-0.39, 0.29) is 5.78 Å². The second kappa shape index (κ2) is 4.15. The number of fused-ring (bicyclic) bond motifs is 1. The summed E-state index contributed by atoms with van der Waals surface area (Å²) in [5.74, 6) is -1.81. The Balaban J connectivity index is 1.94. The number of carbonyl (C=O) groups excluding carboxylic acids is 2. The van der Waals surface area contributed by atoms with E-state index in [1.165, 1.54) is 7.11 Å². The maximum absolute atomic E-state index is 12.4. The molecule has 19 heavy (non-hydrogen) atoms. The number of esters is 1. The molecule has 0 amide bonds. The molecule has 5 heteroatoms. The van der Waals surface area contributed by atoms with Gasteiger partial charge >= 0.3 is 5.97 Å². The van der Waals surface area contributed by atoms with E-state index in [0.717, 1.165) is 5.57 Å². The van der Waals surface area contributed by atoms with Crippen LogP contribution in [0, 0.1) is 11.3 Å². The first-order chi connectivity index (χ1) is 9.01. The molecule has 3 rings (SSSR count). The van der Waals surface area contributed by atoms with Crippen LogP contribution in [0.4, 0.5) is 0 Å². The van der Waals surface area contributed by atoms with Gasteiger partial charge in [-0.1, -0.05) is 5.57 Å². The summed E-state index contributed by atoms with van der Waals surface area (Å²) in [6.45, 7) is 3.07. The molecule has 5 nitrogen and oxygen atoms in total. The summed E-state index contributed by atoms with van der Waals surface area (Å²) in [5.41, 5.74) is 0.403. The number of methoxy groups -OCH3 is 1. The van der Waals surface area contributed by atoms with Crippen LogP contribution >= 0.6 is 0 Å². The summed E-state index contributed by atoms with van der Waals surface area (Å²) in [7, 11) is 1.32. The average Bonchev–Trinajstić information content (AvgIpc) is 2.96. The van der Waals surface area contributed by atoms with Crippen molar-refractivity contribution >= 4 is 11.8 Å². The van der Waals surface area contributed by atoms with Crippen LogP contribution in [0.25, 0.3) is 0 Å². The highest BCUT2D eigenvalue weighted by atomic mass is 16.7. The van der Waals surface area contributed by atoms with Gasteiger partial charge in [-0.15, -0.1) is 0 Å². The van der Waals surface area contributed by atoms with Gasteiger partial charge in [-0.05, 0) is 25.8 Å². The predicted octanol–water partition coefficient (Wildman–Crippen LogP) is 1.22. The maximum atomic E-state index is 12.4. The Bertz CT molecular complexity index is 460. The minimum absolute atomic E-state index is 0.0292. The van der Waals surface area contributed by atoms with Crippen molar-refractivity contribution in [1.29, 1.82) is 0 Å². The van der Waals surface area contributed by atoms with E-state index >= 15 is 0 Å². The Morgan fingerprint density at radius 1 is 1.37 bits per heavy atom. The van der Waals surface area contributed by atoms with E-state index in [4.69, 9.17) is 14.2 Å². The Morgan fingerprint density at radius 3 is 2.68 bits per heavy atom. The lowest BCUT2D eigenvalue weighted by molar-refractivity contribution is -0.150. The Hall–Kier alpha value is -1.20. The number of rotatable bonds is 1. The molecule has 0 unspecified atom stereocenters. The molecule has 1 heterocycles. The number of allylic oxidation sites excluding steroid dienone is 1. The van der Waals surface area contributed by atoms with Crippen LogP contribution in [0.3, 0.4) is 0 Å². The van der Waals surface area contributed by atoms with Crippen molar-refractivity contribution in [2.75, 3.05) is 20.3 Å². The fourth-order valence-corrected chi connectivity index (χ4v) is 3.38. The first kappa shape index (κ1) is 12.8. The van der Waals surface area contributed by atoms with Gasteiger partial charge in [0.25, 0.3) is 0 Å². The van der Waals surface area contributed by atoms with Crippen LogP contribution in [-0.2, 0) is 23.8 Å². The molecule has 1 saturated carbocycles. The number of Topliss-reactive ketones (excluding diaryl/α,β-unsaturated/α-hetero) is 1. The lowest BCUT2D eigenvalue weighted by atomic mass is 9.73. The number of ketones is 1. The minimum atomic E-state index is -0.669. The van der Waals surface area contributed by atoms with Crippen LogP contribution in [0.1, 0.15) is 26.2 Å². The van der Waals surface area contributed by atoms with Gasteiger partial charge in [0, 0.05) is 11.8 Å². The molecule has 1 aliphatic heterocycles. The lowest BCUT2D eigenvalue weighted by Crippen LogP contribution is -2.39. The predicted molar refractivity (Wildman–Crippen MR) is 65.2 cm³/mol. The first-order valence-corrected chi connectivity index (χ1v) is 6.63. The molecule has 2 aliphatic carbocycles. The van der Waals surface area contributed by atoms with E-state index < -0.39 is 23.1 Å². The summed E-state index contributed by atoms with van der Waals surface area (Å²) in [4.78, 5) is 24.1. The van der Waals surface area contributed by atoms with Crippen LogP contribution in [0.2, 0.25) is 0 Å². The number of carbonyl (C=O) groups is 2. The zero-order chi connectivity index (χ0) is 13.7. The van der Waals surface area contributed by atoms with Gasteiger partial charge < -0.3 is 14.2 Å². The molecule has 0 radical (unpaired) electrons. The van der Waals surface area contributed by atoms with Crippen molar-refractivity contribution in [1.82, 2.24) is 0 Å². The van der Waals surface area contributed by atoms with E-state index in [9.17, 15) is 9.59 Å². The zero-order valence-corrected chi connectivity index (χ0v) is 11.2. The monoisotopic (exact) mass is 266 g/mol. The van der Waals surface area contributed by atoms with Crippen molar-refractivity contribution in [2.24, 2.45) is 11.3 Å². The number of hydrogen-bond acceptors (Lipinski definition) is 5. The Morgan fingerprint density at radius 2 is 2.05 bits per heavy atom. The SMILES string of the molecule is COC(=O)[C@@H]1CC2=CC3(CC[C@]2(C)C1=O)OCCO3. The third kappa shape index (κ3) is 1.75. The van der Waals surface area contributed by atoms with Crippen LogP contribution in [-0.4, -0.2) is 37.9 Å². The molecule has 0 bridgehead atoms. The number of ether oxygens (including phenoxy) is 3.